The lowest BCUT2D eigenvalue weighted by molar-refractivity contribution is -0.385. The fourth-order valence-corrected chi connectivity index (χ4v) is 1.35. The lowest BCUT2D eigenvalue weighted by Crippen LogP contribution is -2.25. The van der Waals surface area contributed by atoms with Gasteiger partial charge >= 0.3 is 5.69 Å². The van der Waals surface area contributed by atoms with Gasteiger partial charge in [0.1, 0.15) is 5.56 Å². The van der Waals surface area contributed by atoms with E-state index in [1.165, 1.54) is 12.3 Å². The molecular weight excluding hydrogens is 269 g/mol. The first-order chi connectivity index (χ1) is 7.93. The number of hydrogen-bond donors (Lipinski definition) is 1. The molecule has 1 aromatic rings. The number of amides is 1. The van der Waals surface area contributed by atoms with Crippen molar-refractivity contribution in [3.05, 3.63) is 44.7 Å². The molecule has 0 radical (unpaired) electrons. The van der Waals surface area contributed by atoms with Crippen LogP contribution in [0.1, 0.15) is 10.4 Å². The first-order valence-corrected chi connectivity index (χ1v) is 5.09. The van der Waals surface area contributed by atoms with Gasteiger partial charge in [-0.15, -0.1) is 0 Å². The highest BCUT2D eigenvalue weighted by Gasteiger charge is 2.24. The van der Waals surface area contributed by atoms with Crippen molar-refractivity contribution in [3.63, 3.8) is 0 Å². The average Bonchev–Trinajstić information content (AvgIpc) is 2.24. The average molecular weight is 276 g/mol. The Labute approximate surface area is 106 Å². The standard InChI is InChI=1S/C9H7Cl2N3O3/c1-5(10)4-13-9(15)6-2-3-12-8(11)7(6)14(16)17/h2-3H,1,4H2,(H,13,15). The maximum absolute atomic E-state index is 11.6. The highest BCUT2D eigenvalue weighted by molar-refractivity contribution is 6.32. The van der Waals surface area contributed by atoms with Crippen molar-refractivity contribution in [1.29, 1.82) is 0 Å². The maximum Gasteiger partial charge on any atom is 0.319 e. The van der Waals surface area contributed by atoms with Crippen LogP contribution >= 0.6 is 23.2 Å². The number of pyridine rings is 1. The number of aromatic nitrogens is 1. The van der Waals surface area contributed by atoms with Gasteiger partial charge in [0.05, 0.1) is 11.5 Å². The third-order valence-corrected chi connectivity index (χ3v) is 2.16. The Hall–Kier alpha value is -1.66. The van der Waals surface area contributed by atoms with Crippen LogP contribution in [-0.4, -0.2) is 22.4 Å². The number of rotatable bonds is 4. The molecule has 1 amide bonds. The Morgan fingerprint density at radius 2 is 2.29 bits per heavy atom. The van der Waals surface area contributed by atoms with Gasteiger partial charge in [-0.1, -0.05) is 29.8 Å². The second-order valence-corrected chi connectivity index (χ2v) is 3.85. The minimum Gasteiger partial charge on any atom is -0.347 e. The van der Waals surface area contributed by atoms with Crippen LogP contribution in [0.25, 0.3) is 0 Å². The highest BCUT2D eigenvalue weighted by Crippen LogP contribution is 2.25. The third-order valence-electron chi connectivity index (χ3n) is 1.75. The molecule has 0 atom stereocenters. The van der Waals surface area contributed by atoms with Gasteiger partial charge in [-0.25, -0.2) is 4.98 Å². The Bertz CT molecular complexity index is 490. The number of hydrogen-bond acceptors (Lipinski definition) is 4. The first kappa shape index (κ1) is 13.4. The molecule has 90 valence electrons. The van der Waals surface area contributed by atoms with Crippen LogP contribution in [0, 0.1) is 10.1 Å². The van der Waals surface area contributed by atoms with E-state index >= 15 is 0 Å². The Morgan fingerprint density at radius 3 is 2.82 bits per heavy atom. The normalized spacial score (nSPS) is 9.76. The smallest absolute Gasteiger partial charge is 0.319 e. The molecule has 1 aromatic heterocycles. The predicted molar refractivity (Wildman–Crippen MR) is 63.2 cm³/mol. The predicted octanol–water partition coefficient (Wildman–Crippen LogP) is 2.13. The molecule has 17 heavy (non-hydrogen) atoms. The topological polar surface area (TPSA) is 85.1 Å². The molecule has 0 fully saturated rings. The van der Waals surface area contributed by atoms with Crippen molar-refractivity contribution in [2.45, 2.75) is 0 Å². The van der Waals surface area contributed by atoms with Crippen LogP contribution in [0.4, 0.5) is 5.69 Å². The molecule has 6 nitrogen and oxygen atoms in total. The van der Waals surface area contributed by atoms with E-state index in [0.29, 0.717) is 0 Å². The van der Waals surface area contributed by atoms with Crippen LogP contribution in [0.2, 0.25) is 5.15 Å². The Balaban J connectivity index is 3.05. The van der Waals surface area contributed by atoms with Gasteiger partial charge in [0, 0.05) is 11.2 Å². The van der Waals surface area contributed by atoms with Crippen LogP contribution in [-0.2, 0) is 0 Å². The summed E-state index contributed by atoms with van der Waals surface area (Å²) in [5.41, 5.74) is -0.709. The van der Waals surface area contributed by atoms with Gasteiger partial charge in [0.15, 0.2) is 0 Å². The second-order valence-electron chi connectivity index (χ2n) is 2.95. The molecule has 0 aromatic carbocycles. The van der Waals surface area contributed by atoms with E-state index in [-0.39, 0.29) is 22.3 Å². The van der Waals surface area contributed by atoms with Crippen LogP contribution in [0.15, 0.2) is 23.9 Å². The van der Waals surface area contributed by atoms with Crippen molar-refractivity contribution in [2.24, 2.45) is 0 Å². The molecule has 1 heterocycles. The lowest BCUT2D eigenvalue weighted by atomic mass is 10.2. The quantitative estimate of drug-likeness (QED) is 0.518. The van der Waals surface area contributed by atoms with Crippen LogP contribution < -0.4 is 5.32 Å². The summed E-state index contributed by atoms with van der Waals surface area (Å²) in [5, 5.41) is 13.0. The number of nitrogens with one attached hydrogen (secondary N) is 1. The van der Waals surface area contributed by atoms with Gasteiger partial charge in [-0.2, -0.15) is 0 Å². The fraction of sp³-hybridized carbons (Fsp3) is 0.111. The molecule has 0 aliphatic carbocycles. The summed E-state index contributed by atoms with van der Waals surface area (Å²) in [6.45, 7) is 3.39. The Morgan fingerprint density at radius 1 is 1.65 bits per heavy atom. The molecule has 0 bridgehead atoms. The number of carbonyl (C=O) groups excluding carboxylic acids is 1. The zero-order chi connectivity index (χ0) is 13.0. The molecular formula is C9H7Cl2N3O3. The van der Waals surface area contributed by atoms with Crippen molar-refractivity contribution < 1.29 is 9.72 Å². The molecule has 0 aliphatic heterocycles. The van der Waals surface area contributed by atoms with Gasteiger partial charge in [0.25, 0.3) is 5.91 Å². The van der Waals surface area contributed by atoms with Gasteiger partial charge < -0.3 is 5.32 Å². The summed E-state index contributed by atoms with van der Waals surface area (Å²) in [7, 11) is 0. The SMILES string of the molecule is C=C(Cl)CNC(=O)c1ccnc(Cl)c1[N+](=O)[O-]. The third kappa shape index (κ3) is 3.40. The lowest BCUT2D eigenvalue weighted by Gasteiger charge is -2.04. The molecule has 0 unspecified atom stereocenters. The molecule has 0 aliphatic rings. The summed E-state index contributed by atoms with van der Waals surface area (Å²) < 4.78 is 0. The zero-order valence-corrected chi connectivity index (χ0v) is 9.96. The van der Waals surface area contributed by atoms with Crippen molar-refractivity contribution in [3.8, 4) is 0 Å². The summed E-state index contributed by atoms with van der Waals surface area (Å²) in [4.78, 5) is 25.1. The fourth-order valence-electron chi connectivity index (χ4n) is 1.06. The molecule has 0 spiro atoms. The maximum atomic E-state index is 11.6. The zero-order valence-electron chi connectivity index (χ0n) is 8.44. The van der Waals surface area contributed by atoms with E-state index in [0.717, 1.165) is 0 Å². The van der Waals surface area contributed by atoms with E-state index in [4.69, 9.17) is 23.2 Å². The number of nitro groups is 1. The van der Waals surface area contributed by atoms with Gasteiger partial charge in [0.2, 0.25) is 5.15 Å². The highest BCUT2D eigenvalue weighted by atomic mass is 35.5. The van der Waals surface area contributed by atoms with Crippen molar-refractivity contribution in [1.82, 2.24) is 10.3 Å². The summed E-state index contributed by atoms with van der Waals surface area (Å²) in [6, 6.07) is 1.20. The number of nitrogens with zero attached hydrogens (tertiary/aromatic N) is 2. The van der Waals surface area contributed by atoms with Gasteiger partial charge in [-0.05, 0) is 6.07 Å². The van der Waals surface area contributed by atoms with E-state index < -0.39 is 16.5 Å². The molecule has 1 N–H and O–H groups in total. The minimum absolute atomic E-state index is 0.0114. The number of carbonyl (C=O) groups is 1. The largest absolute Gasteiger partial charge is 0.347 e. The van der Waals surface area contributed by atoms with E-state index in [9.17, 15) is 14.9 Å². The monoisotopic (exact) mass is 275 g/mol. The molecule has 0 saturated heterocycles. The van der Waals surface area contributed by atoms with E-state index in [1.54, 1.807) is 0 Å². The summed E-state index contributed by atoms with van der Waals surface area (Å²) >= 11 is 11.0. The van der Waals surface area contributed by atoms with Crippen molar-refractivity contribution in [2.75, 3.05) is 6.54 Å². The van der Waals surface area contributed by atoms with Crippen molar-refractivity contribution >= 4 is 34.8 Å². The first-order valence-electron chi connectivity index (χ1n) is 4.34. The van der Waals surface area contributed by atoms with E-state index in [1.807, 2.05) is 0 Å². The van der Waals surface area contributed by atoms with E-state index in [2.05, 4.69) is 16.9 Å². The van der Waals surface area contributed by atoms with Crippen LogP contribution in [0.3, 0.4) is 0 Å². The molecule has 1 rings (SSSR count). The summed E-state index contributed by atoms with van der Waals surface area (Å²) in [5.74, 6) is -0.664. The van der Waals surface area contributed by atoms with Gasteiger partial charge in [-0.3, -0.25) is 14.9 Å². The van der Waals surface area contributed by atoms with Crippen LogP contribution in [0.5, 0.6) is 0 Å². The summed E-state index contributed by atoms with van der Waals surface area (Å²) in [6.07, 6.45) is 1.21. The number of halogens is 2. The molecule has 0 saturated carbocycles. The molecule has 8 heteroatoms. The minimum atomic E-state index is -0.764. The Kier molecular flexibility index (Phi) is 4.42. The second kappa shape index (κ2) is 5.60.